The lowest BCUT2D eigenvalue weighted by molar-refractivity contribution is -0.138. The van der Waals surface area contributed by atoms with Gasteiger partial charge in [-0.15, -0.1) is 0 Å². The van der Waals surface area contributed by atoms with Gasteiger partial charge in [0.15, 0.2) is 0 Å². The second-order valence-corrected chi connectivity index (χ2v) is 5.26. The third-order valence-corrected chi connectivity index (χ3v) is 2.58. The first-order chi connectivity index (χ1) is 8.90. The third kappa shape index (κ3) is 26.5. The number of aliphatic carboxylic acids is 2. The molecule has 0 aromatic rings. The predicted octanol–water partition coefficient (Wildman–Crippen LogP) is 4.33. The minimum atomic E-state index is -0.713. The molecule has 0 saturated heterocycles. The predicted molar refractivity (Wildman–Crippen MR) is 77.3 cm³/mol. The summed E-state index contributed by atoms with van der Waals surface area (Å²) in [6, 6.07) is 0. The van der Waals surface area contributed by atoms with Crippen molar-refractivity contribution in [3.05, 3.63) is 0 Å². The summed E-state index contributed by atoms with van der Waals surface area (Å²) in [5, 5.41) is 16.4. The van der Waals surface area contributed by atoms with Gasteiger partial charge in [0.1, 0.15) is 0 Å². The van der Waals surface area contributed by atoms with Crippen molar-refractivity contribution in [3.63, 3.8) is 0 Å². The maximum Gasteiger partial charge on any atom is 0.303 e. The Kier molecular flexibility index (Phi) is 16.0. The molecular formula is C15H30O4. The SMILES string of the molecule is CC(C)CC(=O)O.CCCCCCCCCC(=O)O. The summed E-state index contributed by atoms with van der Waals surface area (Å²) >= 11 is 0. The molecule has 4 heteroatoms. The molecule has 19 heavy (non-hydrogen) atoms. The molecule has 4 nitrogen and oxygen atoms in total. The Morgan fingerprint density at radius 3 is 1.63 bits per heavy atom. The van der Waals surface area contributed by atoms with Gasteiger partial charge in [0, 0.05) is 12.8 Å². The number of carboxylic acids is 2. The molecule has 0 aromatic heterocycles. The Labute approximate surface area is 117 Å². The Hall–Kier alpha value is -1.06. The normalized spacial score (nSPS) is 9.89. The molecule has 0 bridgehead atoms. The first-order valence-electron chi connectivity index (χ1n) is 7.33. The van der Waals surface area contributed by atoms with Gasteiger partial charge in [-0.05, 0) is 12.3 Å². The Bertz CT molecular complexity index is 224. The first kappa shape index (κ1) is 20.3. The van der Waals surface area contributed by atoms with Crippen molar-refractivity contribution in [2.45, 2.75) is 78.6 Å². The number of rotatable bonds is 10. The quantitative estimate of drug-likeness (QED) is 0.581. The van der Waals surface area contributed by atoms with E-state index in [-0.39, 0.29) is 12.3 Å². The smallest absolute Gasteiger partial charge is 0.303 e. The Morgan fingerprint density at radius 1 is 0.842 bits per heavy atom. The molecular weight excluding hydrogens is 244 g/mol. The molecule has 0 rings (SSSR count). The average molecular weight is 274 g/mol. The highest BCUT2D eigenvalue weighted by atomic mass is 16.4. The summed E-state index contributed by atoms with van der Waals surface area (Å²) in [5.41, 5.74) is 0. The molecule has 0 radical (unpaired) electrons. The van der Waals surface area contributed by atoms with E-state index in [1.807, 2.05) is 13.8 Å². The summed E-state index contributed by atoms with van der Waals surface area (Å²) in [7, 11) is 0. The molecule has 0 aliphatic rings. The van der Waals surface area contributed by atoms with Crippen LogP contribution in [0.5, 0.6) is 0 Å². The maximum atomic E-state index is 10.1. The van der Waals surface area contributed by atoms with Crippen LogP contribution in [-0.2, 0) is 9.59 Å². The molecule has 0 aromatic carbocycles. The summed E-state index contributed by atoms with van der Waals surface area (Å²) in [6.07, 6.45) is 8.92. The van der Waals surface area contributed by atoms with E-state index in [4.69, 9.17) is 10.2 Å². The van der Waals surface area contributed by atoms with E-state index < -0.39 is 11.9 Å². The van der Waals surface area contributed by atoms with Crippen LogP contribution < -0.4 is 0 Å². The van der Waals surface area contributed by atoms with E-state index in [9.17, 15) is 9.59 Å². The topological polar surface area (TPSA) is 74.6 Å². The van der Waals surface area contributed by atoms with Gasteiger partial charge in [0.05, 0.1) is 0 Å². The van der Waals surface area contributed by atoms with E-state index in [1.54, 1.807) is 0 Å². The van der Waals surface area contributed by atoms with E-state index in [2.05, 4.69) is 6.92 Å². The van der Waals surface area contributed by atoms with Gasteiger partial charge in [-0.3, -0.25) is 9.59 Å². The van der Waals surface area contributed by atoms with Crippen molar-refractivity contribution >= 4 is 11.9 Å². The third-order valence-electron chi connectivity index (χ3n) is 2.58. The van der Waals surface area contributed by atoms with E-state index in [0.717, 1.165) is 12.8 Å². The molecule has 2 N–H and O–H groups in total. The molecule has 0 amide bonds. The standard InChI is InChI=1S/C10H20O2.C5H10O2/c1-2-3-4-5-6-7-8-9-10(11)12;1-4(2)3-5(6)7/h2-9H2,1H3,(H,11,12);4H,3H2,1-2H3,(H,6,7). The van der Waals surface area contributed by atoms with Crippen molar-refractivity contribution in [2.24, 2.45) is 5.92 Å². The highest BCUT2D eigenvalue weighted by molar-refractivity contribution is 5.67. The zero-order valence-corrected chi connectivity index (χ0v) is 12.7. The zero-order valence-electron chi connectivity index (χ0n) is 12.7. The van der Waals surface area contributed by atoms with E-state index in [1.165, 1.54) is 32.1 Å². The van der Waals surface area contributed by atoms with Gasteiger partial charge in [-0.1, -0.05) is 59.3 Å². The molecule has 0 atom stereocenters. The maximum absolute atomic E-state index is 10.1. The van der Waals surface area contributed by atoms with Crippen molar-refractivity contribution < 1.29 is 19.8 Å². The molecule has 0 spiro atoms. The largest absolute Gasteiger partial charge is 0.481 e. The summed E-state index contributed by atoms with van der Waals surface area (Å²) in [4.78, 5) is 19.9. The number of carboxylic acid groups (broad SMARTS) is 2. The van der Waals surface area contributed by atoms with Crippen LogP contribution in [0.2, 0.25) is 0 Å². The fraction of sp³-hybridized carbons (Fsp3) is 0.867. The van der Waals surface area contributed by atoms with E-state index >= 15 is 0 Å². The second kappa shape index (κ2) is 15.0. The van der Waals surface area contributed by atoms with Crippen molar-refractivity contribution in [2.75, 3.05) is 0 Å². The van der Waals surface area contributed by atoms with Gasteiger partial charge < -0.3 is 10.2 Å². The molecule has 0 saturated carbocycles. The van der Waals surface area contributed by atoms with Crippen LogP contribution >= 0.6 is 0 Å². The molecule has 0 aliphatic carbocycles. The molecule has 114 valence electrons. The second-order valence-electron chi connectivity index (χ2n) is 5.26. The van der Waals surface area contributed by atoms with Crippen LogP contribution in [0.4, 0.5) is 0 Å². The van der Waals surface area contributed by atoms with Crippen LogP contribution in [0.3, 0.4) is 0 Å². The number of hydrogen-bond acceptors (Lipinski definition) is 2. The fourth-order valence-corrected chi connectivity index (χ4v) is 1.58. The van der Waals surface area contributed by atoms with Crippen molar-refractivity contribution in [3.8, 4) is 0 Å². The Balaban J connectivity index is 0. The summed E-state index contributed by atoms with van der Waals surface area (Å²) < 4.78 is 0. The monoisotopic (exact) mass is 274 g/mol. The fourth-order valence-electron chi connectivity index (χ4n) is 1.58. The van der Waals surface area contributed by atoms with Crippen LogP contribution in [0, 0.1) is 5.92 Å². The minimum absolute atomic E-state index is 0.275. The molecule has 0 heterocycles. The average Bonchev–Trinajstić information content (AvgIpc) is 2.26. The van der Waals surface area contributed by atoms with Crippen LogP contribution in [0.25, 0.3) is 0 Å². The van der Waals surface area contributed by atoms with Gasteiger partial charge in [0.25, 0.3) is 0 Å². The van der Waals surface area contributed by atoms with Crippen LogP contribution in [-0.4, -0.2) is 22.2 Å². The van der Waals surface area contributed by atoms with Gasteiger partial charge >= 0.3 is 11.9 Å². The lowest BCUT2D eigenvalue weighted by atomic mass is 10.1. The Morgan fingerprint density at radius 2 is 1.32 bits per heavy atom. The van der Waals surface area contributed by atoms with Crippen LogP contribution in [0.1, 0.15) is 78.6 Å². The van der Waals surface area contributed by atoms with Crippen LogP contribution in [0.15, 0.2) is 0 Å². The van der Waals surface area contributed by atoms with Crippen molar-refractivity contribution in [1.29, 1.82) is 0 Å². The highest BCUT2D eigenvalue weighted by Gasteiger charge is 1.98. The summed E-state index contributed by atoms with van der Waals surface area (Å²) in [6.45, 7) is 5.96. The molecule has 0 unspecified atom stereocenters. The molecule has 0 aliphatic heterocycles. The first-order valence-corrected chi connectivity index (χ1v) is 7.33. The van der Waals surface area contributed by atoms with Gasteiger partial charge in [-0.2, -0.15) is 0 Å². The van der Waals surface area contributed by atoms with E-state index in [0.29, 0.717) is 6.42 Å². The highest BCUT2D eigenvalue weighted by Crippen LogP contribution is 2.07. The van der Waals surface area contributed by atoms with Gasteiger partial charge in [0.2, 0.25) is 0 Å². The van der Waals surface area contributed by atoms with Crippen molar-refractivity contribution in [1.82, 2.24) is 0 Å². The number of unbranched alkanes of at least 4 members (excludes halogenated alkanes) is 6. The minimum Gasteiger partial charge on any atom is -0.481 e. The lowest BCUT2D eigenvalue weighted by Crippen LogP contribution is -1.99. The zero-order chi connectivity index (χ0) is 15.1. The molecule has 0 fully saturated rings. The number of carbonyl (C=O) groups is 2. The summed E-state index contributed by atoms with van der Waals surface area (Å²) in [5.74, 6) is -1.10. The van der Waals surface area contributed by atoms with Gasteiger partial charge in [-0.25, -0.2) is 0 Å². The lowest BCUT2D eigenvalue weighted by Gasteiger charge is -1.98. The number of hydrogen-bond donors (Lipinski definition) is 2.